The number of rotatable bonds is 3. The van der Waals surface area contributed by atoms with Crippen molar-refractivity contribution in [2.75, 3.05) is 0 Å². The molecule has 0 bridgehead atoms. The summed E-state index contributed by atoms with van der Waals surface area (Å²) in [4.78, 5) is 19.3. The summed E-state index contributed by atoms with van der Waals surface area (Å²) < 4.78 is 2.00. The molecule has 0 aliphatic rings. The molecule has 0 spiro atoms. The van der Waals surface area contributed by atoms with E-state index >= 15 is 0 Å². The van der Waals surface area contributed by atoms with Crippen LogP contribution < -0.4 is 0 Å². The van der Waals surface area contributed by atoms with Crippen LogP contribution in [0.15, 0.2) is 12.3 Å². The highest BCUT2D eigenvalue weighted by Crippen LogP contribution is 2.15. The average Bonchev–Trinajstić information content (AvgIpc) is 2.55. The van der Waals surface area contributed by atoms with Crippen molar-refractivity contribution >= 4 is 17.1 Å². The van der Waals surface area contributed by atoms with Crippen LogP contribution in [-0.2, 0) is 6.54 Å². The lowest BCUT2D eigenvalue weighted by Gasteiger charge is -2.02. The Balaban J connectivity index is 2.60. The maximum atomic E-state index is 10.8. The summed E-state index contributed by atoms with van der Waals surface area (Å²) in [6.45, 7) is 4.83. The van der Waals surface area contributed by atoms with Crippen molar-refractivity contribution in [2.45, 2.75) is 26.8 Å². The van der Waals surface area contributed by atoms with Crippen LogP contribution in [-0.4, -0.2) is 25.6 Å². The molecule has 5 heteroatoms. The molecule has 2 aromatic heterocycles. The van der Waals surface area contributed by atoms with E-state index in [-0.39, 0.29) is 5.56 Å². The van der Waals surface area contributed by atoms with E-state index < -0.39 is 5.97 Å². The van der Waals surface area contributed by atoms with Gasteiger partial charge in [0.05, 0.1) is 5.56 Å². The number of aryl methyl sites for hydroxylation is 2. The zero-order chi connectivity index (χ0) is 11.7. The Hall–Kier alpha value is -1.91. The van der Waals surface area contributed by atoms with Gasteiger partial charge in [-0.05, 0) is 19.4 Å². The van der Waals surface area contributed by atoms with E-state index in [1.807, 2.05) is 11.5 Å². The number of nitrogens with zero attached hydrogens (tertiary/aromatic N) is 3. The molecule has 2 aromatic rings. The Morgan fingerprint density at radius 2 is 2.31 bits per heavy atom. The number of hydrogen-bond donors (Lipinski definition) is 1. The molecule has 0 saturated carbocycles. The molecule has 0 atom stereocenters. The van der Waals surface area contributed by atoms with Crippen LogP contribution in [0.1, 0.15) is 29.5 Å². The predicted octanol–water partition coefficient (Wildman–Crippen LogP) is 1.85. The summed E-state index contributed by atoms with van der Waals surface area (Å²) in [5.41, 5.74) is 1.57. The molecule has 1 N–H and O–H groups in total. The fourth-order valence-electron chi connectivity index (χ4n) is 1.73. The van der Waals surface area contributed by atoms with Crippen LogP contribution in [0.2, 0.25) is 0 Å². The molecule has 2 heterocycles. The van der Waals surface area contributed by atoms with Gasteiger partial charge in [0, 0.05) is 12.7 Å². The van der Waals surface area contributed by atoms with Crippen LogP contribution in [0.4, 0.5) is 0 Å². The molecule has 0 aromatic carbocycles. The van der Waals surface area contributed by atoms with Crippen molar-refractivity contribution in [3.8, 4) is 0 Å². The van der Waals surface area contributed by atoms with Gasteiger partial charge in [-0.2, -0.15) is 0 Å². The maximum Gasteiger partial charge on any atom is 0.337 e. The smallest absolute Gasteiger partial charge is 0.337 e. The van der Waals surface area contributed by atoms with Crippen LogP contribution in [0.5, 0.6) is 0 Å². The largest absolute Gasteiger partial charge is 0.478 e. The number of pyridine rings is 1. The van der Waals surface area contributed by atoms with Crippen molar-refractivity contribution in [2.24, 2.45) is 0 Å². The fourth-order valence-corrected chi connectivity index (χ4v) is 1.73. The van der Waals surface area contributed by atoms with Gasteiger partial charge in [-0.15, -0.1) is 0 Å². The van der Waals surface area contributed by atoms with E-state index in [9.17, 15) is 4.79 Å². The Labute approximate surface area is 92.8 Å². The summed E-state index contributed by atoms with van der Waals surface area (Å²) >= 11 is 0. The van der Waals surface area contributed by atoms with E-state index in [2.05, 4.69) is 16.9 Å². The van der Waals surface area contributed by atoms with Gasteiger partial charge < -0.3 is 9.67 Å². The van der Waals surface area contributed by atoms with Gasteiger partial charge in [0.2, 0.25) is 0 Å². The third-order valence-electron chi connectivity index (χ3n) is 2.47. The Bertz CT molecular complexity index is 545. The number of carbonyl (C=O) groups is 1. The number of fused-ring (bicyclic) bond motifs is 1. The summed E-state index contributed by atoms with van der Waals surface area (Å²) in [6.07, 6.45) is 2.37. The molecule has 2 rings (SSSR count). The van der Waals surface area contributed by atoms with Gasteiger partial charge in [-0.3, -0.25) is 0 Å². The molecule has 16 heavy (non-hydrogen) atoms. The third kappa shape index (κ3) is 1.64. The van der Waals surface area contributed by atoms with Gasteiger partial charge in [0.15, 0.2) is 5.65 Å². The highest BCUT2D eigenvalue weighted by molar-refractivity contribution is 5.90. The van der Waals surface area contributed by atoms with Gasteiger partial charge in [-0.1, -0.05) is 6.92 Å². The van der Waals surface area contributed by atoms with Crippen molar-refractivity contribution < 1.29 is 9.90 Å². The topological polar surface area (TPSA) is 68.0 Å². The molecule has 0 aliphatic carbocycles. The number of aromatic carboxylic acids is 1. The number of hydrogen-bond acceptors (Lipinski definition) is 3. The predicted molar refractivity (Wildman–Crippen MR) is 59.5 cm³/mol. The number of carboxylic acid groups (broad SMARTS) is 1. The standard InChI is InChI=1S/C11H13N3O2/c1-3-4-14-7(2)13-9-5-8(11(15)16)6-12-10(9)14/h5-6H,3-4H2,1-2H3,(H,15,16). The van der Waals surface area contributed by atoms with Crippen LogP contribution in [0.3, 0.4) is 0 Å². The monoisotopic (exact) mass is 219 g/mol. The van der Waals surface area contributed by atoms with E-state index in [1.54, 1.807) is 6.07 Å². The fraction of sp³-hybridized carbons (Fsp3) is 0.364. The van der Waals surface area contributed by atoms with E-state index in [4.69, 9.17) is 5.11 Å². The second kappa shape index (κ2) is 3.92. The first kappa shape index (κ1) is 10.6. The third-order valence-corrected chi connectivity index (χ3v) is 2.47. The molecule has 0 saturated heterocycles. The quantitative estimate of drug-likeness (QED) is 0.855. The van der Waals surface area contributed by atoms with E-state index in [0.29, 0.717) is 5.52 Å². The molecule has 0 aliphatic heterocycles. The Morgan fingerprint density at radius 1 is 1.56 bits per heavy atom. The highest BCUT2D eigenvalue weighted by atomic mass is 16.4. The summed E-state index contributed by atoms with van der Waals surface area (Å²) in [5, 5.41) is 8.85. The minimum Gasteiger partial charge on any atom is -0.478 e. The van der Waals surface area contributed by atoms with Gasteiger partial charge in [0.1, 0.15) is 11.3 Å². The lowest BCUT2D eigenvalue weighted by molar-refractivity contribution is 0.0696. The molecule has 0 fully saturated rings. The van der Waals surface area contributed by atoms with E-state index in [1.165, 1.54) is 6.20 Å². The lowest BCUT2D eigenvalue weighted by atomic mass is 10.3. The molecular formula is C11H13N3O2. The first-order valence-electron chi connectivity index (χ1n) is 5.19. The molecule has 0 radical (unpaired) electrons. The maximum absolute atomic E-state index is 10.8. The molecular weight excluding hydrogens is 206 g/mol. The minimum absolute atomic E-state index is 0.175. The van der Waals surface area contributed by atoms with Gasteiger partial charge in [-0.25, -0.2) is 14.8 Å². The second-order valence-electron chi connectivity index (χ2n) is 3.68. The van der Waals surface area contributed by atoms with Crippen LogP contribution >= 0.6 is 0 Å². The summed E-state index contributed by atoms with van der Waals surface area (Å²) in [5.74, 6) is -0.107. The first-order chi connectivity index (χ1) is 7.63. The molecule has 0 amide bonds. The number of aromatic nitrogens is 3. The Kier molecular flexibility index (Phi) is 2.60. The number of imidazole rings is 1. The second-order valence-corrected chi connectivity index (χ2v) is 3.68. The van der Waals surface area contributed by atoms with Gasteiger partial charge in [0.25, 0.3) is 0 Å². The van der Waals surface area contributed by atoms with Crippen molar-refractivity contribution in [3.05, 3.63) is 23.7 Å². The number of carboxylic acids is 1. The zero-order valence-electron chi connectivity index (χ0n) is 9.27. The lowest BCUT2D eigenvalue weighted by Crippen LogP contribution is -2.01. The normalized spacial score (nSPS) is 10.9. The molecule has 84 valence electrons. The first-order valence-corrected chi connectivity index (χ1v) is 5.19. The van der Waals surface area contributed by atoms with Crippen molar-refractivity contribution in [1.29, 1.82) is 0 Å². The highest BCUT2D eigenvalue weighted by Gasteiger charge is 2.11. The van der Waals surface area contributed by atoms with Crippen LogP contribution in [0.25, 0.3) is 11.2 Å². The minimum atomic E-state index is -0.975. The average molecular weight is 219 g/mol. The SMILES string of the molecule is CCCn1c(C)nc2cc(C(=O)O)cnc21. The summed E-state index contributed by atoms with van der Waals surface area (Å²) in [7, 11) is 0. The molecule has 5 nitrogen and oxygen atoms in total. The van der Waals surface area contributed by atoms with Crippen molar-refractivity contribution in [1.82, 2.24) is 14.5 Å². The van der Waals surface area contributed by atoms with Crippen molar-refractivity contribution in [3.63, 3.8) is 0 Å². The van der Waals surface area contributed by atoms with Crippen LogP contribution in [0, 0.1) is 6.92 Å². The molecule has 0 unspecified atom stereocenters. The van der Waals surface area contributed by atoms with Gasteiger partial charge >= 0.3 is 5.97 Å². The van der Waals surface area contributed by atoms with E-state index in [0.717, 1.165) is 24.4 Å². The zero-order valence-corrected chi connectivity index (χ0v) is 9.27. The Morgan fingerprint density at radius 3 is 2.94 bits per heavy atom. The summed E-state index contributed by atoms with van der Waals surface area (Å²) in [6, 6.07) is 1.56.